The number of unbranched alkanes of at least 4 members (excludes halogenated alkanes) is 5. The molecule has 0 radical (unpaired) electrons. The van der Waals surface area contributed by atoms with Crippen molar-refractivity contribution in [3.63, 3.8) is 0 Å². The molecule has 0 rings (SSSR count). The first kappa shape index (κ1) is 16.0. The molecular weight excluding hydrogens is 194 g/mol. The Kier molecular flexibility index (Phi) is 7.30. The van der Waals surface area contributed by atoms with Crippen molar-refractivity contribution in [3.05, 3.63) is 0 Å². The molecule has 0 aromatic heterocycles. The highest BCUT2D eigenvalue weighted by Crippen LogP contribution is 2.36. The summed E-state index contributed by atoms with van der Waals surface area (Å²) in [6, 6.07) is 0. The maximum atomic E-state index is 6.36. The van der Waals surface area contributed by atoms with Crippen molar-refractivity contribution in [3.8, 4) is 0 Å². The van der Waals surface area contributed by atoms with Crippen molar-refractivity contribution in [2.75, 3.05) is 0 Å². The van der Waals surface area contributed by atoms with E-state index in [1.807, 2.05) is 0 Å². The summed E-state index contributed by atoms with van der Waals surface area (Å²) in [4.78, 5) is 0. The van der Waals surface area contributed by atoms with E-state index < -0.39 is 0 Å². The lowest BCUT2D eigenvalue weighted by Crippen LogP contribution is -2.49. The minimum Gasteiger partial charge on any atom is -0.325 e. The topological polar surface area (TPSA) is 26.0 Å². The summed E-state index contributed by atoms with van der Waals surface area (Å²) in [5, 5.41) is 0. The number of hydrogen-bond donors (Lipinski definition) is 1. The highest BCUT2D eigenvalue weighted by molar-refractivity contribution is 4.92. The Hall–Kier alpha value is -0.0400. The van der Waals surface area contributed by atoms with E-state index in [9.17, 15) is 0 Å². The molecule has 1 nitrogen and oxygen atoms in total. The molecule has 0 aliphatic heterocycles. The van der Waals surface area contributed by atoms with Gasteiger partial charge in [-0.15, -0.1) is 0 Å². The zero-order valence-corrected chi connectivity index (χ0v) is 12.2. The molecule has 0 heterocycles. The molecule has 0 saturated carbocycles. The Balaban J connectivity index is 3.74. The Labute approximate surface area is 103 Å². The summed E-state index contributed by atoms with van der Waals surface area (Å²) in [6.45, 7) is 11.3. The molecule has 1 heteroatoms. The molecule has 0 aromatic carbocycles. The Morgan fingerprint density at radius 1 is 0.812 bits per heavy atom. The fourth-order valence-corrected chi connectivity index (χ4v) is 2.11. The van der Waals surface area contributed by atoms with Crippen LogP contribution in [-0.4, -0.2) is 5.54 Å². The number of hydrogen-bond acceptors (Lipinski definition) is 1. The van der Waals surface area contributed by atoms with Crippen molar-refractivity contribution >= 4 is 0 Å². The molecule has 0 spiro atoms. The van der Waals surface area contributed by atoms with Crippen LogP contribution < -0.4 is 5.73 Å². The fraction of sp³-hybridized carbons (Fsp3) is 1.00. The van der Waals surface area contributed by atoms with Gasteiger partial charge in [0.2, 0.25) is 0 Å². The predicted molar refractivity (Wildman–Crippen MR) is 74.7 cm³/mol. The highest BCUT2D eigenvalue weighted by atomic mass is 14.8. The van der Waals surface area contributed by atoms with E-state index in [1.54, 1.807) is 0 Å². The van der Waals surface area contributed by atoms with Gasteiger partial charge >= 0.3 is 0 Å². The predicted octanol–water partition coefficient (Wildman–Crippen LogP) is 4.89. The lowest BCUT2D eigenvalue weighted by molar-refractivity contribution is 0.157. The third-order valence-corrected chi connectivity index (χ3v) is 4.44. The number of rotatable bonds is 9. The van der Waals surface area contributed by atoms with Gasteiger partial charge in [0, 0.05) is 5.54 Å². The van der Waals surface area contributed by atoms with E-state index in [0.717, 1.165) is 6.42 Å². The molecule has 1 atom stereocenters. The van der Waals surface area contributed by atoms with Crippen LogP contribution in [0.5, 0.6) is 0 Å². The van der Waals surface area contributed by atoms with Gasteiger partial charge in [0.1, 0.15) is 0 Å². The minimum absolute atomic E-state index is 0.0174. The van der Waals surface area contributed by atoms with Gasteiger partial charge in [0.05, 0.1) is 0 Å². The number of nitrogens with two attached hydrogens (primary N) is 1. The average Bonchev–Trinajstić information content (AvgIpc) is 2.23. The summed E-state index contributed by atoms with van der Waals surface area (Å²) in [5.74, 6) is 0. The molecule has 1 unspecified atom stereocenters. The zero-order valence-electron chi connectivity index (χ0n) is 12.2. The van der Waals surface area contributed by atoms with Gasteiger partial charge in [-0.05, 0) is 25.2 Å². The van der Waals surface area contributed by atoms with Crippen LogP contribution in [0.1, 0.15) is 86.0 Å². The normalized spacial score (nSPS) is 16.1. The van der Waals surface area contributed by atoms with Crippen molar-refractivity contribution in [2.24, 2.45) is 11.1 Å². The molecule has 0 aliphatic carbocycles. The maximum Gasteiger partial charge on any atom is 0.0174 e. The Morgan fingerprint density at radius 3 is 1.81 bits per heavy atom. The van der Waals surface area contributed by atoms with Crippen molar-refractivity contribution in [2.45, 2.75) is 91.5 Å². The average molecular weight is 227 g/mol. The van der Waals surface area contributed by atoms with Crippen molar-refractivity contribution in [1.29, 1.82) is 0 Å². The van der Waals surface area contributed by atoms with E-state index in [4.69, 9.17) is 5.73 Å². The van der Waals surface area contributed by atoms with Crippen LogP contribution in [0, 0.1) is 5.41 Å². The summed E-state index contributed by atoms with van der Waals surface area (Å²) in [7, 11) is 0. The minimum atomic E-state index is -0.0174. The Bertz CT molecular complexity index is 170. The highest BCUT2D eigenvalue weighted by Gasteiger charge is 2.35. The van der Waals surface area contributed by atoms with Crippen LogP contribution >= 0.6 is 0 Å². The van der Waals surface area contributed by atoms with E-state index in [2.05, 4.69) is 34.6 Å². The van der Waals surface area contributed by atoms with Crippen LogP contribution in [0.4, 0.5) is 0 Å². The van der Waals surface area contributed by atoms with E-state index in [-0.39, 0.29) is 11.0 Å². The van der Waals surface area contributed by atoms with Gasteiger partial charge in [-0.2, -0.15) is 0 Å². The molecule has 16 heavy (non-hydrogen) atoms. The first-order valence-corrected chi connectivity index (χ1v) is 7.16. The molecule has 0 bridgehead atoms. The lowest BCUT2D eigenvalue weighted by Gasteiger charge is -2.41. The van der Waals surface area contributed by atoms with Crippen molar-refractivity contribution < 1.29 is 0 Å². The van der Waals surface area contributed by atoms with Crippen LogP contribution in [0.2, 0.25) is 0 Å². The smallest absolute Gasteiger partial charge is 0.0174 e. The molecule has 0 aromatic rings. The lowest BCUT2D eigenvalue weighted by atomic mass is 9.69. The first-order valence-electron chi connectivity index (χ1n) is 7.16. The van der Waals surface area contributed by atoms with Gasteiger partial charge in [-0.3, -0.25) is 0 Å². The van der Waals surface area contributed by atoms with Crippen LogP contribution in [0.15, 0.2) is 0 Å². The third-order valence-electron chi connectivity index (χ3n) is 4.44. The molecule has 0 fully saturated rings. The van der Waals surface area contributed by atoms with Gasteiger partial charge in [-0.25, -0.2) is 0 Å². The molecule has 0 saturated heterocycles. The van der Waals surface area contributed by atoms with E-state index in [0.29, 0.717) is 0 Å². The first-order chi connectivity index (χ1) is 7.37. The van der Waals surface area contributed by atoms with Gasteiger partial charge in [0.25, 0.3) is 0 Å². The second-order valence-corrected chi connectivity index (χ2v) is 6.17. The monoisotopic (exact) mass is 227 g/mol. The SMILES string of the molecule is CCCCCCCCC(C)(C)C(C)(N)CC. The fourth-order valence-electron chi connectivity index (χ4n) is 2.11. The molecule has 2 N–H and O–H groups in total. The van der Waals surface area contributed by atoms with E-state index in [1.165, 1.54) is 44.9 Å². The molecule has 0 amide bonds. The summed E-state index contributed by atoms with van der Waals surface area (Å²) in [5.41, 5.74) is 6.61. The third kappa shape index (κ3) is 5.34. The zero-order chi connectivity index (χ0) is 12.7. The molecule has 98 valence electrons. The quantitative estimate of drug-likeness (QED) is 0.558. The van der Waals surface area contributed by atoms with E-state index >= 15 is 0 Å². The van der Waals surface area contributed by atoms with Crippen molar-refractivity contribution in [1.82, 2.24) is 0 Å². The second-order valence-electron chi connectivity index (χ2n) is 6.17. The van der Waals surface area contributed by atoms with Gasteiger partial charge in [0.15, 0.2) is 0 Å². The maximum absolute atomic E-state index is 6.36. The summed E-state index contributed by atoms with van der Waals surface area (Å²) < 4.78 is 0. The molecular formula is C15H33N. The Morgan fingerprint density at radius 2 is 1.31 bits per heavy atom. The standard InChI is InChI=1S/C15H33N/c1-6-8-9-10-11-12-13-14(3,4)15(5,16)7-2/h6-13,16H2,1-5H3. The summed E-state index contributed by atoms with van der Waals surface area (Å²) in [6.07, 6.45) is 10.6. The molecule has 0 aliphatic rings. The van der Waals surface area contributed by atoms with Crippen LogP contribution in [0.3, 0.4) is 0 Å². The van der Waals surface area contributed by atoms with Gasteiger partial charge in [-0.1, -0.05) is 66.2 Å². The second kappa shape index (κ2) is 7.32. The summed E-state index contributed by atoms with van der Waals surface area (Å²) >= 11 is 0. The van der Waals surface area contributed by atoms with Crippen LogP contribution in [0.25, 0.3) is 0 Å². The largest absolute Gasteiger partial charge is 0.325 e. The van der Waals surface area contributed by atoms with Gasteiger partial charge < -0.3 is 5.73 Å². The van der Waals surface area contributed by atoms with Crippen LogP contribution in [-0.2, 0) is 0 Å².